The van der Waals surface area contributed by atoms with Crippen molar-refractivity contribution in [3.8, 4) is 11.1 Å². The summed E-state index contributed by atoms with van der Waals surface area (Å²) in [4.78, 5) is -0.164. The second-order valence-electron chi connectivity index (χ2n) is 3.44. The van der Waals surface area contributed by atoms with Gasteiger partial charge in [-0.15, -0.1) is 12.6 Å². The lowest BCUT2D eigenvalue weighted by Crippen LogP contribution is -1.90. The Morgan fingerprint density at radius 3 is 1.88 bits per heavy atom. The Labute approximate surface area is 100 Å². The van der Waals surface area contributed by atoms with Crippen molar-refractivity contribution in [2.45, 2.75) is 4.90 Å². The van der Waals surface area contributed by atoms with E-state index in [0.717, 1.165) is 24.3 Å². The Balaban J connectivity index is 2.64. The molecule has 17 heavy (non-hydrogen) atoms. The van der Waals surface area contributed by atoms with Gasteiger partial charge in [-0.2, -0.15) is 0 Å². The fourth-order valence-electron chi connectivity index (χ4n) is 1.47. The van der Waals surface area contributed by atoms with Crippen molar-refractivity contribution in [3.63, 3.8) is 0 Å². The van der Waals surface area contributed by atoms with Crippen LogP contribution >= 0.6 is 12.6 Å². The van der Waals surface area contributed by atoms with Gasteiger partial charge in [0.1, 0.15) is 23.3 Å². The predicted octanol–water partition coefficient (Wildman–Crippen LogP) is 4.20. The lowest BCUT2D eigenvalue weighted by Gasteiger charge is -2.06. The topological polar surface area (TPSA) is 0 Å². The Morgan fingerprint density at radius 2 is 1.29 bits per heavy atom. The number of hydrogen-bond acceptors (Lipinski definition) is 1. The minimum atomic E-state index is -0.852. The molecule has 88 valence electrons. The van der Waals surface area contributed by atoms with Gasteiger partial charge in [0, 0.05) is 16.5 Å². The van der Waals surface area contributed by atoms with Crippen LogP contribution in [0.1, 0.15) is 0 Å². The van der Waals surface area contributed by atoms with Gasteiger partial charge < -0.3 is 0 Å². The van der Waals surface area contributed by atoms with Crippen molar-refractivity contribution < 1.29 is 17.6 Å². The van der Waals surface area contributed by atoms with Crippen molar-refractivity contribution in [1.29, 1.82) is 0 Å². The van der Waals surface area contributed by atoms with Gasteiger partial charge in [0.25, 0.3) is 0 Å². The van der Waals surface area contributed by atoms with Gasteiger partial charge in [-0.1, -0.05) is 0 Å². The molecule has 0 aliphatic carbocycles. The molecule has 2 rings (SSSR count). The highest BCUT2D eigenvalue weighted by Gasteiger charge is 2.11. The number of benzene rings is 2. The fourth-order valence-corrected chi connectivity index (χ4v) is 1.64. The Bertz CT molecular complexity index is 561. The van der Waals surface area contributed by atoms with Crippen LogP contribution in [0.5, 0.6) is 0 Å². The molecule has 0 fully saturated rings. The highest BCUT2D eigenvalue weighted by molar-refractivity contribution is 7.80. The smallest absolute Gasteiger partial charge is 0.137 e. The maximum atomic E-state index is 13.5. The standard InChI is InChI=1S/C12H6F4S/c13-7-1-6(2-8(14)3-7)9-4-11(16)12(17)5-10(9)15/h1-5,17H. The molecule has 0 aliphatic heterocycles. The Kier molecular flexibility index (Phi) is 3.11. The lowest BCUT2D eigenvalue weighted by molar-refractivity contribution is 0.576. The molecule has 2 aromatic carbocycles. The van der Waals surface area contributed by atoms with Gasteiger partial charge in [0.15, 0.2) is 0 Å². The van der Waals surface area contributed by atoms with Crippen LogP contribution in [0.3, 0.4) is 0 Å². The second kappa shape index (κ2) is 4.41. The molecule has 0 aliphatic rings. The molecule has 5 heteroatoms. The van der Waals surface area contributed by atoms with E-state index in [1.54, 1.807) is 0 Å². The quantitative estimate of drug-likeness (QED) is 0.575. The average molecular weight is 258 g/mol. The first-order valence-electron chi connectivity index (χ1n) is 4.62. The largest absolute Gasteiger partial charge is 0.207 e. The van der Waals surface area contributed by atoms with Crippen molar-refractivity contribution in [1.82, 2.24) is 0 Å². The number of halogens is 4. The van der Waals surface area contributed by atoms with E-state index in [2.05, 4.69) is 12.6 Å². The summed E-state index contributed by atoms with van der Waals surface area (Å²) in [7, 11) is 0. The van der Waals surface area contributed by atoms with Gasteiger partial charge in [-0.25, -0.2) is 17.6 Å². The molecule has 0 saturated carbocycles. The SMILES string of the molecule is Fc1cc(F)cc(-c2cc(F)c(S)cc2F)c1. The van der Waals surface area contributed by atoms with Crippen molar-refractivity contribution in [3.05, 3.63) is 53.6 Å². The van der Waals surface area contributed by atoms with E-state index in [1.165, 1.54) is 0 Å². The number of hydrogen-bond donors (Lipinski definition) is 1. The summed E-state index contributed by atoms with van der Waals surface area (Å²) in [5.74, 6) is -3.25. The molecule has 0 heterocycles. The van der Waals surface area contributed by atoms with Crippen LogP contribution in [0.15, 0.2) is 35.2 Å². The maximum Gasteiger partial charge on any atom is 0.137 e. The number of thiol groups is 1. The summed E-state index contributed by atoms with van der Waals surface area (Å²) in [6.07, 6.45) is 0. The van der Waals surface area contributed by atoms with Gasteiger partial charge in [-0.05, 0) is 29.8 Å². The molecule has 0 radical (unpaired) electrons. The minimum absolute atomic E-state index is 0.0627. The van der Waals surface area contributed by atoms with E-state index in [1.807, 2.05) is 0 Å². The molecule has 0 bridgehead atoms. The molecule has 0 amide bonds. The molecule has 0 N–H and O–H groups in total. The summed E-state index contributed by atoms with van der Waals surface area (Å²) >= 11 is 3.70. The number of rotatable bonds is 1. The average Bonchev–Trinajstić information content (AvgIpc) is 2.22. The lowest BCUT2D eigenvalue weighted by atomic mass is 10.0. The molecule has 0 nitrogen and oxygen atoms in total. The van der Waals surface area contributed by atoms with Gasteiger partial charge in [-0.3, -0.25) is 0 Å². The molecule has 0 unspecified atom stereocenters. The van der Waals surface area contributed by atoms with Gasteiger partial charge in [0.05, 0.1) is 0 Å². The van der Waals surface area contributed by atoms with E-state index < -0.39 is 23.3 Å². The van der Waals surface area contributed by atoms with Crippen LogP contribution < -0.4 is 0 Å². The van der Waals surface area contributed by atoms with Crippen molar-refractivity contribution in [2.75, 3.05) is 0 Å². The minimum Gasteiger partial charge on any atom is -0.207 e. The summed E-state index contributed by atoms with van der Waals surface area (Å²) < 4.78 is 52.6. The van der Waals surface area contributed by atoms with Crippen LogP contribution in [0.25, 0.3) is 11.1 Å². The summed E-state index contributed by atoms with van der Waals surface area (Å²) in [6, 6.07) is 4.23. The molecule has 2 aromatic rings. The zero-order valence-electron chi connectivity index (χ0n) is 8.35. The van der Waals surface area contributed by atoms with E-state index >= 15 is 0 Å². The van der Waals surface area contributed by atoms with Gasteiger partial charge >= 0.3 is 0 Å². The fraction of sp³-hybridized carbons (Fsp3) is 0. The van der Waals surface area contributed by atoms with Crippen LogP contribution in [-0.4, -0.2) is 0 Å². The molecular formula is C12H6F4S. The van der Waals surface area contributed by atoms with Crippen molar-refractivity contribution >= 4 is 12.6 Å². The van der Waals surface area contributed by atoms with Crippen LogP contribution in [0.2, 0.25) is 0 Å². The third-order valence-electron chi connectivity index (χ3n) is 2.21. The second-order valence-corrected chi connectivity index (χ2v) is 3.92. The van der Waals surface area contributed by atoms with E-state index in [-0.39, 0.29) is 16.0 Å². The molecule has 0 aromatic heterocycles. The van der Waals surface area contributed by atoms with E-state index in [0.29, 0.717) is 6.07 Å². The summed E-state index contributed by atoms with van der Waals surface area (Å²) in [5.41, 5.74) is -0.272. The third kappa shape index (κ3) is 2.44. The Hall–Kier alpha value is -1.49. The molecule has 0 spiro atoms. The zero-order chi connectivity index (χ0) is 12.6. The summed E-state index contributed by atoms with van der Waals surface area (Å²) in [6.45, 7) is 0. The predicted molar refractivity (Wildman–Crippen MR) is 59.0 cm³/mol. The first kappa shape index (κ1) is 12.0. The van der Waals surface area contributed by atoms with Crippen LogP contribution in [0, 0.1) is 23.3 Å². The third-order valence-corrected chi connectivity index (χ3v) is 2.55. The van der Waals surface area contributed by atoms with Crippen molar-refractivity contribution in [2.24, 2.45) is 0 Å². The molecule has 0 atom stereocenters. The first-order chi connectivity index (χ1) is 7.97. The van der Waals surface area contributed by atoms with Crippen LogP contribution in [-0.2, 0) is 0 Å². The van der Waals surface area contributed by atoms with E-state index in [4.69, 9.17) is 0 Å². The highest BCUT2D eigenvalue weighted by atomic mass is 32.1. The molecule has 0 saturated heterocycles. The summed E-state index contributed by atoms with van der Waals surface area (Å²) in [5, 5.41) is 0. The monoisotopic (exact) mass is 258 g/mol. The highest BCUT2D eigenvalue weighted by Crippen LogP contribution is 2.28. The first-order valence-corrected chi connectivity index (χ1v) is 5.06. The maximum absolute atomic E-state index is 13.5. The zero-order valence-corrected chi connectivity index (χ0v) is 9.24. The van der Waals surface area contributed by atoms with E-state index in [9.17, 15) is 17.6 Å². The van der Waals surface area contributed by atoms with Crippen LogP contribution in [0.4, 0.5) is 17.6 Å². The normalized spacial score (nSPS) is 10.6. The molecular weight excluding hydrogens is 252 g/mol. The van der Waals surface area contributed by atoms with Gasteiger partial charge in [0.2, 0.25) is 0 Å². The Morgan fingerprint density at radius 1 is 0.706 bits per heavy atom.